The molecular formula is C19H24N4O3. The Labute approximate surface area is 152 Å². The number of hydrogen-bond donors (Lipinski definition) is 0. The Bertz CT molecular complexity index is 883. The number of aryl methyl sites for hydroxylation is 1. The Morgan fingerprint density at radius 1 is 1.27 bits per heavy atom. The van der Waals surface area contributed by atoms with Gasteiger partial charge in [-0.1, -0.05) is 19.0 Å². The summed E-state index contributed by atoms with van der Waals surface area (Å²) in [7, 11) is 0. The first-order valence-electron chi connectivity index (χ1n) is 9.39. The van der Waals surface area contributed by atoms with Gasteiger partial charge in [0, 0.05) is 55.7 Å². The third kappa shape index (κ3) is 3.06. The number of piperidine rings is 1. The summed E-state index contributed by atoms with van der Waals surface area (Å²) in [5.41, 5.74) is 1.22. The van der Waals surface area contributed by atoms with E-state index in [4.69, 9.17) is 4.52 Å². The Balaban J connectivity index is 1.56. The van der Waals surface area contributed by atoms with E-state index < -0.39 is 0 Å². The molecular weight excluding hydrogens is 332 g/mol. The van der Waals surface area contributed by atoms with E-state index in [9.17, 15) is 9.59 Å². The second kappa shape index (κ2) is 6.70. The highest BCUT2D eigenvalue weighted by Gasteiger charge is 2.30. The van der Waals surface area contributed by atoms with E-state index in [1.54, 1.807) is 12.1 Å². The van der Waals surface area contributed by atoms with Gasteiger partial charge in [0.05, 0.1) is 0 Å². The fraction of sp³-hybridized carbons (Fsp3) is 0.579. The molecule has 4 rings (SSSR count). The molecule has 0 spiro atoms. The quantitative estimate of drug-likeness (QED) is 0.843. The van der Waals surface area contributed by atoms with Gasteiger partial charge in [-0.05, 0) is 19.3 Å². The normalized spacial score (nSPS) is 19.8. The summed E-state index contributed by atoms with van der Waals surface area (Å²) < 4.78 is 7.45. The lowest BCUT2D eigenvalue weighted by atomic mass is 9.94. The molecule has 0 aliphatic carbocycles. The number of likely N-dealkylation sites (tertiary alicyclic amines) is 1. The number of amides is 1. The van der Waals surface area contributed by atoms with Gasteiger partial charge in [0.1, 0.15) is 11.6 Å². The highest BCUT2D eigenvalue weighted by Crippen LogP contribution is 2.29. The molecule has 0 radical (unpaired) electrons. The van der Waals surface area contributed by atoms with Crippen LogP contribution in [0.5, 0.6) is 0 Å². The van der Waals surface area contributed by atoms with Crippen LogP contribution in [0.3, 0.4) is 0 Å². The molecule has 7 heteroatoms. The van der Waals surface area contributed by atoms with Crippen molar-refractivity contribution in [2.24, 2.45) is 0 Å². The predicted octanol–water partition coefficient (Wildman–Crippen LogP) is 2.32. The Hall–Kier alpha value is -2.44. The molecule has 138 valence electrons. The smallest absolute Gasteiger partial charge is 0.276 e. The van der Waals surface area contributed by atoms with Crippen molar-refractivity contribution in [2.45, 2.75) is 57.9 Å². The fourth-order valence-corrected chi connectivity index (χ4v) is 3.98. The zero-order valence-electron chi connectivity index (χ0n) is 15.3. The van der Waals surface area contributed by atoms with Crippen LogP contribution in [0.25, 0.3) is 0 Å². The van der Waals surface area contributed by atoms with E-state index in [2.05, 4.69) is 14.7 Å². The van der Waals surface area contributed by atoms with Crippen LogP contribution >= 0.6 is 0 Å². The van der Waals surface area contributed by atoms with Crippen LogP contribution in [0.4, 0.5) is 0 Å². The first-order chi connectivity index (χ1) is 12.5. The lowest BCUT2D eigenvalue weighted by Gasteiger charge is -2.33. The number of hydrogen-bond acceptors (Lipinski definition) is 5. The van der Waals surface area contributed by atoms with Crippen LogP contribution in [0, 0.1) is 0 Å². The summed E-state index contributed by atoms with van der Waals surface area (Å²) >= 11 is 0. The second-order valence-electron chi connectivity index (χ2n) is 7.55. The Kier molecular flexibility index (Phi) is 4.38. The van der Waals surface area contributed by atoms with Crippen LogP contribution in [-0.2, 0) is 13.0 Å². The molecule has 2 aromatic heterocycles. The third-order valence-corrected chi connectivity index (χ3v) is 5.36. The maximum Gasteiger partial charge on any atom is 0.276 e. The van der Waals surface area contributed by atoms with Gasteiger partial charge >= 0.3 is 0 Å². The van der Waals surface area contributed by atoms with Crippen LogP contribution in [0.2, 0.25) is 0 Å². The minimum absolute atomic E-state index is 0.0941. The van der Waals surface area contributed by atoms with Crippen molar-refractivity contribution in [3.63, 3.8) is 0 Å². The number of nitrogens with zero attached hydrogens (tertiary/aromatic N) is 4. The van der Waals surface area contributed by atoms with Gasteiger partial charge in [-0.2, -0.15) is 4.98 Å². The molecule has 2 aromatic rings. The van der Waals surface area contributed by atoms with E-state index in [1.807, 2.05) is 18.7 Å². The lowest BCUT2D eigenvalue weighted by molar-refractivity contribution is 0.0694. The van der Waals surface area contributed by atoms with Crippen LogP contribution in [-0.4, -0.2) is 38.6 Å². The highest BCUT2D eigenvalue weighted by atomic mass is 16.5. The van der Waals surface area contributed by atoms with Crippen molar-refractivity contribution < 1.29 is 9.32 Å². The van der Waals surface area contributed by atoms with Crippen molar-refractivity contribution in [3.8, 4) is 0 Å². The van der Waals surface area contributed by atoms with Gasteiger partial charge in [0.2, 0.25) is 0 Å². The lowest BCUT2D eigenvalue weighted by Crippen LogP contribution is -2.40. The molecule has 1 amide bonds. The van der Waals surface area contributed by atoms with Crippen LogP contribution in [0.1, 0.15) is 72.7 Å². The molecule has 2 aliphatic heterocycles. The topological polar surface area (TPSA) is 81.2 Å². The monoisotopic (exact) mass is 356 g/mol. The molecule has 7 nitrogen and oxygen atoms in total. The molecule has 2 aliphatic rings. The summed E-state index contributed by atoms with van der Waals surface area (Å²) in [5.74, 6) is 1.87. The molecule has 4 heterocycles. The molecule has 1 fully saturated rings. The molecule has 1 atom stereocenters. The van der Waals surface area contributed by atoms with Crippen molar-refractivity contribution in [1.29, 1.82) is 0 Å². The predicted molar refractivity (Wildman–Crippen MR) is 95.3 cm³/mol. The first-order valence-corrected chi connectivity index (χ1v) is 9.39. The maximum atomic E-state index is 12.8. The SMILES string of the molecule is CC(C)c1cc(C(=O)N2CCC[C@H](c3cc(=O)nc4n3CCC4)C2)no1. The minimum Gasteiger partial charge on any atom is -0.360 e. The van der Waals surface area contributed by atoms with Gasteiger partial charge in [-0.3, -0.25) is 9.59 Å². The van der Waals surface area contributed by atoms with Crippen LogP contribution < -0.4 is 5.56 Å². The molecule has 0 bridgehead atoms. The van der Waals surface area contributed by atoms with Gasteiger partial charge < -0.3 is 14.0 Å². The maximum absolute atomic E-state index is 12.8. The van der Waals surface area contributed by atoms with E-state index >= 15 is 0 Å². The van der Waals surface area contributed by atoms with Crippen molar-refractivity contribution in [1.82, 2.24) is 19.6 Å². The van der Waals surface area contributed by atoms with Gasteiger partial charge in [-0.25, -0.2) is 0 Å². The molecule has 0 N–H and O–H groups in total. The van der Waals surface area contributed by atoms with E-state index in [1.165, 1.54) is 0 Å². The zero-order valence-corrected chi connectivity index (χ0v) is 15.3. The second-order valence-corrected chi connectivity index (χ2v) is 7.55. The number of rotatable bonds is 3. The number of fused-ring (bicyclic) bond motifs is 1. The standard InChI is InChI=1S/C19H24N4O3/c1-12(2)16-9-14(21-26-16)19(25)22-7-3-5-13(11-22)15-10-18(24)20-17-6-4-8-23(15)17/h9-10,12-13H,3-8,11H2,1-2H3/t13-/m0/s1. The van der Waals surface area contributed by atoms with Crippen molar-refractivity contribution >= 4 is 5.91 Å². The fourth-order valence-electron chi connectivity index (χ4n) is 3.98. The molecule has 26 heavy (non-hydrogen) atoms. The summed E-state index contributed by atoms with van der Waals surface area (Å²) in [5, 5.41) is 3.95. The van der Waals surface area contributed by atoms with E-state index in [0.717, 1.165) is 49.5 Å². The zero-order chi connectivity index (χ0) is 18.3. The van der Waals surface area contributed by atoms with E-state index in [-0.39, 0.29) is 23.3 Å². The average Bonchev–Trinajstić information content (AvgIpc) is 3.29. The number of aromatic nitrogens is 3. The third-order valence-electron chi connectivity index (χ3n) is 5.36. The summed E-state index contributed by atoms with van der Waals surface area (Å²) in [6.07, 6.45) is 3.77. The number of carbonyl (C=O) groups is 1. The minimum atomic E-state index is -0.172. The summed E-state index contributed by atoms with van der Waals surface area (Å²) in [6.45, 7) is 6.23. The van der Waals surface area contributed by atoms with Gasteiger partial charge in [-0.15, -0.1) is 0 Å². The molecule has 1 saturated heterocycles. The Morgan fingerprint density at radius 2 is 2.12 bits per heavy atom. The van der Waals surface area contributed by atoms with E-state index in [0.29, 0.717) is 18.8 Å². The summed E-state index contributed by atoms with van der Waals surface area (Å²) in [4.78, 5) is 30.8. The molecule has 0 unspecified atom stereocenters. The molecule has 0 saturated carbocycles. The summed E-state index contributed by atoms with van der Waals surface area (Å²) in [6, 6.07) is 3.39. The van der Waals surface area contributed by atoms with Crippen LogP contribution in [0.15, 0.2) is 21.5 Å². The molecule has 0 aromatic carbocycles. The largest absolute Gasteiger partial charge is 0.360 e. The van der Waals surface area contributed by atoms with Crippen molar-refractivity contribution in [2.75, 3.05) is 13.1 Å². The van der Waals surface area contributed by atoms with Gasteiger partial charge in [0.25, 0.3) is 11.5 Å². The average molecular weight is 356 g/mol. The highest BCUT2D eigenvalue weighted by molar-refractivity contribution is 5.92. The Morgan fingerprint density at radius 3 is 2.88 bits per heavy atom. The first kappa shape index (κ1) is 17.0. The van der Waals surface area contributed by atoms with Crippen molar-refractivity contribution in [3.05, 3.63) is 45.5 Å². The number of carbonyl (C=O) groups excluding carboxylic acids is 1. The van der Waals surface area contributed by atoms with Gasteiger partial charge in [0.15, 0.2) is 5.69 Å².